The molecule has 0 amide bonds. The number of fused-ring (bicyclic) bond motifs is 12. The summed E-state index contributed by atoms with van der Waals surface area (Å²) in [6.45, 7) is 0. The number of benzene rings is 10. The molecule has 0 aliphatic rings. The molecule has 15 rings (SSSR count). The minimum absolute atomic E-state index is 0.634. The zero-order valence-electron chi connectivity index (χ0n) is 34.9. The molecule has 0 unspecified atom stereocenters. The van der Waals surface area contributed by atoms with E-state index in [4.69, 9.17) is 9.97 Å². The van der Waals surface area contributed by atoms with Gasteiger partial charge in [-0.25, -0.2) is 9.97 Å². The Labute approximate surface area is 371 Å². The second-order valence-electron chi connectivity index (χ2n) is 17.3. The molecule has 0 saturated carbocycles. The molecule has 5 heteroatoms. The number of para-hydroxylation sites is 4. The highest BCUT2D eigenvalue weighted by Crippen LogP contribution is 2.49. The Bertz CT molecular complexity index is 4460. The van der Waals surface area contributed by atoms with Crippen molar-refractivity contribution >= 4 is 103 Å². The third-order valence-electron chi connectivity index (χ3n) is 13.9. The lowest BCUT2D eigenvalue weighted by atomic mass is 9.98. The summed E-state index contributed by atoms with van der Waals surface area (Å²) < 4.78 is 7.32. The van der Waals surface area contributed by atoms with Crippen LogP contribution in [0.2, 0.25) is 0 Å². The maximum atomic E-state index is 5.72. The molecule has 0 saturated heterocycles. The van der Waals surface area contributed by atoms with Gasteiger partial charge in [0.25, 0.3) is 0 Å². The number of rotatable bonds is 4. The SMILES string of the molecule is c1ccc(-c2cccc(-c3nc(-n4c5cc6c(c7ccccc7n6-c6ccccc6)c6c7cccc8c9ccccc9n(c9cccc4c9c65)c87)nc4c3ccc3ccccc34)c2)cc1. The van der Waals surface area contributed by atoms with Gasteiger partial charge in [-0.05, 0) is 71.1 Å². The Morgan fingerprint density at radius 1 is 0.308 bits per heavy atom. The fourth-order valence-electron chi connectivity index (χ4n) is 11.3. The second-order valence-corrected chi connectivity index (χ2v) is 17.3. The van der Waals surface area contributed by atoms with Crippen LogP contribution in [0.3, 0.4) is 0 Å². The molecule has 5 aromatic heterocycles. The predicted octanol–water partition coefficient (Wildman–Crippen LogP) is 15.5. The van der Waals surface area contributed by atoms with E-state index in [0.29, 0.717) is 5.95 Å². The maximum Gasteiger partial charge on any atom is 0.235 e. The van der Waals surface area contributed by atoms with Crippen molar-refractivity contribution in [3.05, 3.63) is 212 Å². The first kappa shape index (κ1) is 34.7. The quantitative estimate of drug-likeness (QED) is 0.166. The summed E-state index contributed by atoms with van der Waals surface area (Å²) in [5, 5.41) is 13.0. The van der Waals surface area contributed by atoms with Crippen molar-refractivity contribution in [3.63, 3.8) is 0 Å². The molecule has 65 heavy (non-hydrogen) atoms. The summed E-state index contributed by atoms with van der Waals surface area (Å²) in [6.07, 6.45) is 0. The average Bonchev–Trinajstić information content (AvgIpc) is 3.98. The molecule has 0 bridgehead atoms. The van der Waals surface area contributed by atoms with Crippen molar-refractivity contribution in [2.45, 2.75) is 0 Å². The molecule has 5 nitrogen and oxygen atoms in total. The number of nitrogens with zero attached hydrogens (tertiary/aromatic N) is 5. The third-order valence-corrected chi connectivity index (χ3v) is 13.9. The summed E-state index contributed by atoms with van der Waals surface area (Å²) in [4.78, 5) is 11.4. The van der Waals surface area contributed by atoms with Crippen LogP contribution in [0, 0.1) is 0 Å². The number of hydrogen-bond acceptors (Lipinski definition) is 2. The molecule has 0 aliphatic carbocycles. The smallest absolute Gasteiger partial charge is 0.235 e. The van der Waals surface area contributed by atoms with E-state index >= 15 is 0 Å². The molecule has 0 atom stereocenters. The van der Waals surface area contributed by atoms with E-state index in [1.165, 1.54) is 65.2 Å². The van der Waals surface area contributed by atoms with Gasteiger partial charge in [-0.2, -0.15) is 0 Å². The summed E-state index contributed by atoms with van der Waals surface area (Å²) in [6, 6.07) is 77.0. The minimum Gasteiger partial charge on any atom is -0.309 e. The molecule has 0 N–H and O–H groups in total. The summed E-state index contributed by atoms with van der Waals surface area (Å²) in [5.74, 6) is 0.634. The van der Waals surface area contributed by atoms with Crippen molar-refractivity contribution in [2.24, 2.45) is 0 Å². The van der Waals surface area contributed by atoms with Crippen LogP contribution in [-0.2, 0) is 0 Å². The van der Waals surface area contributed by atoms with Crippen LogP contribution in [0.4, 0.5) is 0 Å². The highest BCUT2D eigenvalue weighted by molar-refractivity contribution is 6.39. The molecule has 10 aromatic carbocycles. The first-order chi connectivity index (χ1) is 32.3. The van der Waals surface area contributed by atoms with Gasteiger partial charge in [0.1, 0.15) is 0 Å². The predicted molar refractivity (Wildman–Crippen MR) is 271 cm³/mol. The van der Waals surface area contributed by atoms with Crippen LogP contribution < -0.4 is 0 Å². The lowest BCUT2D eigenvalue weighted by molar-refractivity contribution is 1.02. The largest absolute Gasteiger partial charge is 0.309 e. The van der Waals surface area contributed by atoms with Gasteiger partial charge in [-0.3, -0.25) is 4.57 Å². The van der Waals surface area contributed by atoms with Crippen LogP contribution in [-0.4, -0.2) is 23.5 Å². The van der Waals surface area contributed by atoms with Gasteiger partial charge in [0.05, 0.1) is 49.8 Å². The van der Waals surface area contributed by atoms with Crippen LogP contribution >= 0.6 is 0 Å². The Hall–Kier alpha value is -8.80. The average molecular weight is 826 g/mol. The van der Waals surface area contributed by atoms with Gasteiger partial charge in [0, 0.05) is 65.1 Å². The Morgan fingerprint density at radius 3 is 1.82 bits per heavy atom. The molecule has 300 valence electrons. The first-order valence-corrected chi connectivity index (χ1v) is 22.3. The number of hydrogen-bond donors (Lipinski definition) is 0. The van der Waals surface area contributed by atoms with Gasteiger partial charge in [-0.1, -0.05) is 158 Å². The zero-order chi connectivity index (χ0) is 42.3. The molecule has 0 aliphatic heterocycles. The lowest BCUT2D eigenvalue weighted by Crippen LogP contribution is -2.04. The van der Waals surface area contributed by atoms with Crippen molar-refractivity contribution < 1.29 is 0 Å². The maximum absolute atomic E-state index is 5.72. The molecule has 0 fully saturated rings. The topological polar surface area (TPSA) is 40.0 Å². The van der Waals surface area contributed by atoms with Crippen LogP contribution in [0.1, 0.15) is 0 Å². The van der Waals surface area contributed by atoms with E-state index in [1.54, 1.807) is 0 Å². The van der Waals surface area contributed by atoms with Gasteiger partial charge in [0.15, 0.2) is 0 Å². The Morgan fingerprint density at radius 2 is 0.938 bits per heavy atom. The second kappa shape index (κ2) is 12.9. The first-order valence-electron chi connectivity index (χ1n) is 22.3. The minimum atomic E-state index is 0.634. The molecular weight excluding hydrogens is 791 g/mol. The normalized spacial score (nSPS) is 12.3. The van der Waals surface area contributed by atoms with Crippen molar-refractivity contribution in [3.8, 4) is 34.0 Å². The van der Waals surface area contributed by atoms with E-state index < -0.39 is 0 Å². The number of aromatic nitrogens is 5. The Kier molecular flexibility index (Phi) is 6.89. The third kappa shape index (κ3) is 4.65. The molecular formula is C60H35N5. The monoisotopic (exact) mass is 825 g/mol. The highest BCUT2D eigenvalue weighted by Gasteiger charge is 2.27. The van der Waals surface area contributed by atoms with E-state index in [0.717, 1.165) is 66.3 Å². The van der Waals surface area contributed by atoms with Gasteiger partial charge < -0.3 is 8.97 Å². The van der Waals surface area contributed by atoms with Crippen LogP contribution in [0.25, 0.3) is 137 Å². The molecule has 0 radical (unpaired) electrons. The van der Waals surface area contributed by atoms with Gasteiger partial charge in [0.2, 0.25) is 5.95 Å². The molecule has 5 heterocycles. The van der Waals surface area contributed by atoms with Crippen molar-refractivity contribution in [1.29, 1.82) is 0 Å². The highest BCUT2D eigenvalue weighted by atomic mass is 15.2. The summed E-state index contributed by atoms with van der Waals surface area (Å²) in [5.41, 5.74) is 14.3. The zero-order valence-corrected chi connectivity index (χ0v) is 34.9. The summed E-state index contributed by atoms with van der Waals surface area (Å²) >= 11 is 0. The van der Waals surface area contributed by atoms with E-state index in [-0.39, 0.29) is 0 Å². The van der Waals surface area contributed by atoms with Gasteiger partial charge in [-0.15, -0.1) is 0 Å². The molecule has 0 spiro atoms. The lowest BCUT2D eigenvalue weighted by Gasteiger charge is -2.15. The van der Waals surface area contributed by atoms with Gasteiger partial charge >= 0.3 is 0 Å². The van der Waals surface area contributed by atoms with Crippen molar-refractivity contribution in [2.75, 3.05) is 0 Å². The standard InChI is InChI=1S/C60H35N5/c1-3-16-36(17-4-1)38-19-13-20-39(34-38)57-46-33-32-37-18-7-8-23-41(37)58(46)62-60(61-57)65-50-31-15-30-49-55(50)56-52(65)35-51-53(44-25-10-12-29-48(44)63(51)40-21-5-2-6-22-40)54(56)45-27-14-26-43-42-24-9-11-28-47(42)64(49)59(43)45/h1-35H. The van der Waals surface area contributed by atoms with E-state index in [9.17, 15) is 0 Å². The van der Waals surface area contributed by atoms with E-state index in [1.807, 2.05) is 0 Å². The van der Waals surface area contributed by atoms with Crippen molar-refractivity contribution in [1.82, 2.24) is 23.5 Å². The summed E-state index contributed by atoms with van der Waals surface area (Å²) in [7, 11) is 0. The fraction of sp³-hybridized carbons (Fsp3) is 0. The fourth-order valence-corrected chi connectivity index (χ4v) is 11.3. The van der Waals surface area contributed by atoms with Crippen LogP contribution in [0.5, 0.6) is 0 Å². The molecule has 15 aromatic rings. The van der Waals surface area contributed by atoms with Crippen LogP contribution in [0.15, 0.2) is 212 Å². The Balaban J connectivity index is 1.19. The van der Waals surface area contributed by atoms with E-state index in [2.05, 4.69) is 226 Å².